The lowest BCUT2D eigenvalue weighted by atomic mass is 9.93. The van der Waals surface area contributed by atoms with Gasteiger partial charge in [0, 0.05) is 6.54 Å². The molecule has 4 N–H and O–H groups in total. The lowest BCUT2D eigenvalue weighted by molar-refractivity contribution is -0.127. The Kier molecular flexibility index (Phi) is 4.19. The third kappa shape index (κ3) is 3.67. The molecule has 1 saturated heterocycles. The largest absolute Gasteiger partial charge is 0.376 e. The highest BCUT2D eigenvalue weighted by molar-refractivity contribution is 5.79. The lowest BCUT2D eigenvalue weighted by Crippen LogP contribution is -2.65. The normalized spacial score (nSPS) is 16.1. The van der Waals surface area contributed by atoms with Crippen LogP contribution in [0.25, 0.3) is 0 Å². The van der Waals surface area contributed by atoms with E-state index in [1.807, 2.05) is 0 Å². The third-order valence-electron chi connectivity index (χ3n) is 3.01. The molecule has 0 atom stereocenters. The molecule has 0 radical (unpaired) electrons. The first kappa shape index (κ1) is 14.3. The van der Waals surface area contributed by atoms with Gasteiger partial charge in [0.1, 0.15) is 5.82 Å². The zero-order valence-corrected chi connectivity index (χ0v) is 10.8. The van der Waals surface area contributed by atoms with Gasteiger partial charge < -0.3 is 21.1 Å². The van der Waals surface area contributed by atoms with E-state index in [0.717, 1.165) is 5.56 Å². The summed E-state index contributed by atoms with van der Waals surface area (Å²) < 4.78 is 17.7. The summed E-state index contributed by atoms with van der Waals surface area (Å²) in [5.74, 6) is -0.822. The molecular formula is C13H16FN3O3. The first-order valence-corrected chi connectivity index (χ1v) is 6.16. The van der Waals surface area contributed by atoms with Crippen LogP contribution in [-0.2, 0) is 16.1 Å². The quantitative estimate of drug-likeness (QED) is 0.723. The van der Waals surface area contributed by atoms with Gasteiger partial charge in [0.25, 0.3) is 0 Å². The second-order valence-corrected chi connectivity index (χ2v) is 4.85. The van der Waals surface area contributed by atoms with Crippen LogP contribution in [0.15, 0.2) is 24.3 Å². The Hall–Kier alpha value is -2.15. The second kappa shape index (κ2) is 5.87. The van der Waals surface area contributed by atoms with Crippen LogP contribution in [0.3, 0.4) is 0 Å². The minimum atomic E-state index is -0.710. The monoisotopic (exact) mass is 281 g/mol. The van der Waals surface area contributed by atoms with Gasteiger partial charge in [0.15, 0.2) is 0 Å². The fourth-order valence-electron chi connectivity index (χ4n) is 1.97. The van der Waals surface area contributed by atoms with Gasteiger partial charge in [-0.05, 0) is 17.7 Å². The highest BCUT2D eigenvalue weighted by atomic mass is 19.1. The molecular weight excluding hydrogens is 265 g/mol. The molecule has 0 spiro atoms. The van der Waals surface area contributed by atoms with Crippen LogP contribution in [0.2, 0.25) is 0 Å². The number of amides is 3. The second-order valence-electron chi connectivity index (χ2n) is 4.85. The van der Waals surface area contributed by atoms with Crippen LogP contribution in [0.1, 0.15) is 12.0 Å². The summed E-state index contributed by atoms with van der Waals surface area (Å²) in [5.41, 5.74) is 5.21. The number of benzene rings is 1. The van der Waals surface area contributed by atoms with E-state index in [2.05, 4.69) is 10.6 Å². The van der Waals surface area contributed by atoms with Crippen LogP contribution in [0, 0.1) is 5.82 Å². The van der Waals surface area contributed by atoms with Gasteiger partial charge in [-0.3, -0.25) is 4.79 Å². The van der Waals surface area contributed by atoms with E-state index >= 15 is 0 Å². The molecule has 2 rings (SSSR count). The summed E-state index contributed by atoms with van der Waals surface area (Å²) >= 11 is 0. The summed E-state index contributed by atoms with van der Waals surface area (Å²) in [6.45, 7) is 0.791. The van der Waals surface area contributed by atoms with Gasteiger partial charge in [0.05, 0.1) is 25.2 Å². The molecule has 3 amide bonds. The Bertz CT molecular complexity index is 500. The molecule has 0 unspecified atom stereocenters. The molecule has 0 saturated carbocycles. The minimum Gasteiger partial charge on any atom is -0.376 e. The Morgan fingerprint density at radius 1 is 1.30 bits per heavy atom. The van der Waals surface area contributed by atoms with Crippen LogP contribution < -0.4 is 16.4 Å². The number of halogens is 1. The molecule has 0 aliphatic carbocycles. The number of carbonyl (C=O) groups excluding carboxylic acids is 2. The Labute approximate surface area is 115 Å². The van der Waals surface area contributed by atoms with Crippen LogP contribution in [0.5, 0.6) is 0 Å². The Balaban J connectivity index is 1.83. The molecule has 1 heterocycles. The zero-order chi connectivity index (χ0) is 14.6. The van der Waals surface area contributed by atoms with Crippen molar-refractivity contribution in [3.63, 3.8) is 0 Å². The number of hydrogen-bond acceptors (Lipinski definition) is 3. The fraction of sp³-hybridized carbons (Fsp3) is 0.385. The Morgan fingerprint density at radius 2 is 1.95 bits per heavy atom. The van der Waals surface area contributed by atoms with Crippen LogP contribution >= 0.6 is 0 Å². The summed E-state index contributed by atoms with van der Waals surface area (Å²) in [6.07, 6.45) is 0.0387. The number of hydrogen-bond donors (Lipinski definition) is 3. The van der Waals surface area contributed by atoms with Gasteiger partial charge in [-0.15, -0.1) is 0 Å². The van der Waals surface area contributed by atoms with Crippen molar-refractivity contribution in [2.75, 3.05) is 13.2 Å². The summed E-state index contributed by atoms with van der Waals surface area (Å²) in [6, 6.07) is 5.40. The van der Waals surface area contributed by atoms with E-state index in [1.54, 1.807) is 12.1 Å². The van der Waals surface area contributed by atoms with E-state index in [4.69, 9.17) is 10.5 Å². The predicted molar refractivity (Wildman–Crippen MR) is 69.1 cm³/mol. The molecule has 1 aliphatic heterocycles. The molecule has 1 aliphatic rings. The smallest absolute Gasteiger partial charge is 0.315 e. The molecule has 1 aromatic rings. The van der Waals surface area contributed by atoms with E-state index in [0.29, 0.717) is 0 Å². The maximum absolute atomic E-state index is 12.7. The first-order chi connectivity index (χ1) is 9.49. The van der Waals surface area contributed by atoms with Gasteiger partial charge in [-0.2, -0.15) is 0 Å². The summed E-state index contributed by atoms with van der Waals surface area (Å²) in [7, 11) is 0. The molecule has 0 bridgehead atoms. The number of carbonyl (C=O) groups is 2. The number of ether oxygens (including phenoxy) is 1. The van der Waals surface area contributed by atoms with Gasteiger partial charge >= 0.3 is 6.03 Å². The zero-order valence-electron chi connectivity index (χ0n) is 10.8. The molecule has 0 aromatic heterocycles. The van der Waals surface area contributed by atoms with Crippen LogP contribution in [-0.4, -0.2) is 30.7 Å². The van der Waals surface area contributed by atoms with Crippen molar-refractivity contribution in [3.8, 4) is 0 Å². The number of nitrogens with one attached hydrogen (secondary N) is 2. The Morgan fingerprint density at radius 3 is 2.45 bits per heavy atom. The molecule has 7 heteroatoms. The third-order valence-corrected chi connectivity index (χ3v) is 3.01. The maximum atomic E-state index is 12.7. The summed E-state index contributed by atoms with van der Waals surface area (Å²) in [4.78, 5) is 22.7. The lowest BCUT2D eigenvalue weighted by Gasteiger charge is -2.41. The van der Waals surface area contributed by atoms with Crippen molar-refractivity contribution in [1.82, 2.24) is 10.6 Å². The van der Waals surface area contributed by atoms with Crippen molar-refractivity contribution in [1.29, 1.82) is 0 Å². The summed E-state index contributed by atoms with van der Waals surface area (Å²) in [5, 5.41) is 5.33. The van der Waals surface area contributed by atoms with Crippen LogP contribution in [0.4, 0.5) is 9.18 Å². The number of rotatable bonds is 5. The molecule has 1 aromatic carbocycles. The van der Waals surface area contributed by atoms with Crippen molar-refractivity contribution in [2.24, 2.45) is 5.73 Å². The number of primary amides is 1. The highest BCUT2D eigenvalue weighted by Crippen LogP contribution is 2.20. The average molecular weight is 281 g/mol. The molecule has 6 nitrogen and oxygen atoms in total. The molecule has 1 fully saturated rings. The average Bonchev–Trinajstić information content (AvgIpc) is 2.35. The van der Waals surface area contributed by atoms with E-state index in [1.165, 1.54) is 12.1 Å². The van der Waals surface area contributed by atoms with Crippen molar-refractivity contribution in [3.05, 3.63) is 35.6 Å². The van der Waals surface area contributed by atoms with E-state index < -0.39 is 17.5 Å². The van der Waals surface area contributed by atoms with Gasteiger partial charge in [-0.1, -0.05) is 12.1 Å². The fourth-order valence-corrected chi connectivity index (χ4v) is 1.97. The maximum Gasteiger partial charge on any atom is 0.315 e. The van der Waals surface area contributed by atoms with Crippen molar-refractivity contribution >= 4 is 11.9 Å². The SMILES string of the molecule is NC(=O)CC1(NC(=O)NCc2ccc(F)cc2)COC1. The van der Waals surface area contributed by atoms with Crippen molar-refractivity contribution in [2.45, 2.75) is 18.5 Å². The van der Waals surface area contributed by atoms with Gasteiger partial charge in [0.2, 0.25) is 5.91 Å². The van der Waals surface area contributed by atoms with Gasteiger partial charge in [-0.25, -0.2) is 9.18 Å². The van der Waals surface area contributed by atoms with Crippen molar-refractivity contribution < 1.29 is 18.7 Å². The number of urea groups is 1. The molecule has 20 heavy (non-hydrogen) atoms. The first-order valence-electron chi connectivity index (χ1n) is 6.16. The molecule has 108 valence electrons. The van der Waals surface area contributed by atoms with E-state index in [9.17, 15) is 14.0 Å². The standard InChI is InChI=1S/C13H16FN3O3/c14-10-3-1-9(2-4-10)6-16-12(19)17-13(5-11(15)18)7-20-8-13/h1-4H,5-8H2,(H2,15,18)(H2,16,17,19). The number of nitrogens with two attached hydrogens (primary N) is 1. The topological polar surface area (TPSA) is 93.5 Å². The highest BCUT2D eigenvalue weighted by Gasteiger charge is 2.41. The minimum absolute atomic E-state index is 0.0387. The predicted octanol–water partition coefficient (Wildman–Crippen LogP) is 0.269. The van der Waals surface area contributed by atoms with E-state index in [-0.39, 0.29) is 32.0 Å².